The van der Waals surface area contributed by atoms with E-state index in [-0.39, 0.29) is 6.10 Å². The highest BCUT2D eigenvalue weighted by atomic mass is 16.5. The molecule has 1 unspecified atom stereocenters. The molecule has 0 aliphatic carbocycles. The second-order valence-corrected chi connectivity index (χ2v) is 6.40. The van der Waals surface area contributed by atoms with E-state index in [1.54, 1.807) is 0 Å². The molecule has 0 spiro atoms. The number of hydrogen-bond donors (Lipinski definition) is 0. The summed E-state index contributed by atoms with van der Waals surface area (Å²) < 4.78 is 6.09. The SMILES string of the molecule is CCCN(C)CCC1CN=C(N2CCc3ccccc3C2)O1. The quantitative estimate of drug-likeness (QED) is 0.836. The lowest BCUT2D eigenvalue weighted by Crippen LogP contribution is -2.37. The van der Waals surface area contributed by atoms with E-state index in [2.05, 4.69) is 53.0 Å². The molecule has 2 heterocycles. The predicted molar refractivity (Wildman–Crippen MR) is 90.1 cm³/mol. The third kappa shape index (κ3) is 3.61. The molecule has 0 aromatic heterocycles. The lowest BCUT2D eigenvalue weighted by Gasteiger charge is -2.30. The molecule has 22 heavy (non-hydrogen) atoms. The average molecular weight is 301 g/mol. The normalized spacial score (nSPS) is 20.8. The van der Waals surface area contributed by atoms with Gasteiger partial charge in [-0.05, 0) is 44.0 Å². The van der Waals surface area contributed by atoms with E-state index in [0.29, 0.717) is 0 Å². The number of fused-ring (bicyclic) bond motifs is 1. The molecule has 2 aliphatic rings. The van der Waals surface area contributed by atoms with Crippen LogP contribution in [0.2, 0.25) is 0 Å². The Labute approximate surface area is 133 Å². The number of hydrogen-bond acceptors (Lipinski definition) is 4. The molecule has 1 aromatic rings. The maximum atomic E-state index is 6.09. The van der Waals surface area contributed by atoms with Gasteiger partial charge < -0.3 is 14.5 Å². The molecule has 2 aliphatic heterocycles. The van der Waals surface area contributed by atoms with Crippen molar-refractivity contribution in [1.29, 1.82) is 0 Å². The van der Waals surface area contributed by atoms with Crippen molar-refractivity contribution >= 4 is 6.02 Å². The van der Waals surface area contributed by atoms with Gasteiger partial charge in [0.25, 0.3) is 6.02 Å². The first-order valence-electron chi connectivity index (χ1n) is 8.47. The van der Waals surface area contributed by atoms with Gasteiger partial charge in [0.2, 0.25) is 0 Å². The summed E-state index contributed by atoms with van der Waals surface area (Å²) in [6.07, 6.45) is 3.61. The van der Waals surface area contributed by atoms with Crippen LogP contribution in [0.15, 0.2) is 29.3 Å². The van der Waals surface area contributed by atoms with Crippen LogP contribution >= 0.6 is 0 Å². The molecule has 4 heteroatoms. The summed E-state index contributed by atoms with van der Waals surface area (Å²) in [6, 6.07) is 9.55. The van der Waals surface area contributed by atoms with Crippen molar-refractivity contribution in [2.24, 2.45) is 4.99 Å². The molecule has 3 rings (SSSR count). The molecular formula is C18H27N3O. The van der Waals surface area contributed by atoms with Crippen LogP contribution in [0.25, 0.3) is 0 Å². The Balaban J connectivity index is 1.49. The van der Waals surface area contributed by atoms with Gasteiger partial charge in [-0.3, -0.25) is 0 Å². The van der Waals surface area contributed by atoms with E-state index in [9.17, 15) is 0 Å². The summed E-state index contributed by atoms with van der Waals surface area (Å²) in [5, 5.41) is 0. The first-order chi connectivity index (χ1) is 10.8. The van der Waals surface area contributed by atoms with E-state index in [4.69, 9.17) is 4.74 Å². The average Bonchev–Trinajstić information content (AvgIpc) is 3.02. The number of aliphatic imine (C=N–C) groups is 1. The second kappa shape index (κ2) is 7.14. The number of ether oxygens (including phenoxy) is 1. The maximum Gasteiger partial charge on any atom is 0.288 e. The third-order valence-electron chi connectivity index (χ3n) is 4.54. The molecule has 120 valence electrons. The van der Waals surface area contributed by atoms with Crippen molar-refractivity contribution in [2.45, 2.75) is 38.8 Å². The van der Waals surface area contributed by atoms with Crippen molar-refractivity contribution in [2.75, 3.05) is 33.2 Å². The summed E-state index contributed by atoms with van der Waals surface area (Å²) in [5.41, 5.74) is 2.88. The highest BCUT2D eigenvalue weighted by molar-refractivity contribution is 5.75. The topological polar surface area (TPSA) is 28.1 Å². The Morgan fingerprint density at radius 2 is 2.09 bits per heavy atom. The standard InChI is InChI=1S/C18H27N3O/c1-3-10-20(2)11-9-17-13-19-18(22-17)21-12-8-15-6-4-5-7-16(15)14-21/h4-7,17H,3,8-14H2,1-2H3. The fourth-order valence-electron chi connectivity index (χ4n) is 3.25. The monoisotopic (exact) mass is 301 g/mol. The summed E-state index contributed by atoms with van der Waals surface area (Å²) >= 11 is 0. The fourth-order valence-corrected chi connectivity index (χ4v) is 3.25. The van der Waals surface area contributed by atoms with Crippen molar-refractivity contribution in [3.63, 3.8) is 0 Å². The molecule has 0 saturated heterocycles. The van der Waals surface area contributed by atoms with E-state index in [1.807, 2.05) is 0 Å². The number of amidine groups is 1. The van der Waals surface area contributed by atoms with Crippen LogP contribution in [0.3, 0.4) is 0 Å². The summed E-state index contributed by atoms with van der Waals surface area (Å²) in [6.45, 7) is 7.22. The minimum absolute atomic E-state index is 0.256. The van der Waals surface area contributed by atoms with Crippen LogP contribution in [-0.4, -0.2) is 55.2 Å². The van der Waals surface area contributed by atoms with Crippen molar-refractivity contribution in [3.8, 4) is 0 Å². The zero-order chi connectivity index (χ0) is 15.4. The molecule has 1 aromatic carbocycles. The van der Waals surface area contributed by atoms with Gasteiger partial charge in [-0.15, -0.1) is 0 Å². The highest BCUT2D eigenvalue weighted by Gasteiger charge is 2.26. The highest BCUT2D eigenvalue weighted by Crippen LogP contribution is 2.21. The van der Waals surface area contributed by atoms with Crippen molar-refractivity contribution < 1.29 is 4.74 Å². The Kier molecular flexibility index (Phi) is 4.98. The van der Waals surface area contributed by atoms with Crippen LogP contribution in [0.5, 0.6) is 0 Å². The first-order valence-corrected chi connectivity index (χ1v) is 8.47. The molecule has 4 nitrogen and oxygen atoms in total. The van der Waals surface area contributed by atoms with Crippen LogP contribution in [0, 0.1) is 0 Å². The Bertz CT molecular complexity index is 529. The van der Waals surface area contributed by atoms with Gasteiger partial charge in [0.15, 0.2) is 0 Å². The molecule has 0 bridgehead atoms. The molecule has 1 atom stereocenters. The van der Waals surface area contributed by atoms with Gasteiger partial charge in [0.1, 0.15) is 6.10 Å². The van der Waals surface area contributed by atoms with Gasteiger partial charge in [-0.25, -0.2) is 4.99 Å². The third-order valence-corrected chi connectivity index (χ3v) is 4.54. The largest absolute Gasteiger partial charge is 0.460 e. The molecule has 0 N–H and O–H groups in total. The molecule has 0 amide bonds. The Morgan fingerprint density at radius 1 is 1.27 bits per heavy atom. The first kappa shape index (κ1) is 15.3. The fraction of sp³-hybridized carbons (Fsp3) is 0.611. The molecule has 0 saturated carbocycles. The van der Waals surface area contributed by atoms with E-state index in [0.717, 1.165) is 51.6 Å². The smallest absolute Gasteiger partial charge is 0.288 e. The summed E-state index contributed by atoms with van der Waals surface area (Å²) in [7, 11) is 2.18. The maximum absolute atomic E-state index is 6.09. The zero-order valence-electron chi connectivity index (χ0n) is 13.8. The van der Waals surface area contributed by atoms with Gasteiger partial charge >= 0.3 is 0 Å². The van der Waals surface area contributed by atoms with Crippen LogP contribution in [-0.2, 0) is 17.7 Å². The summed E-state index contributed by atoms with van der Waals surface area (Å²) in [5.74, 6) is 0. The molecule has 0 radical (unpaired) electrons. The summed E-state index contributed by atoms with van der Waals surface area (Å²) in [4.78, 5) is 9.30. The van der Waals surface area contributed by atoms with E-state index >= 15 is 0 Å². The van der Waals surface area contributed by atoms with Crippen molar-refractivity contribution in [3.05, 3.63) is 35.4 Å². The van der Waals surface area contributed by atoms with E-state index in [1.165, 1.54) is 17.5 Å². The second-order valence-electron chi connectivity index (χ2n) is 6.40. The lowest BCUT2D eigenvalue weighted by molar-refractivity contribution is 0.155. The predicted octanol–water partition coefficient (Wildman–Crippen LogP) is 2.53. The van der Waals surface area contributed by atoms with Crippen LogP contribution < -0.4 is 0 Å². The van der Waals surface area contributed by atoms with Gasteiger partial charge in [-0.1, -0.05) is 31.2 Å². The Hall–Kier alpha value is -1.55. The van der Waals surface area contributed by atoms with Crippen molar-refractivity contribution in [1.82, 2.24) is 9.80 Å². The Morgan fingerprint density at radius 3 is 2.91 bits per heavy atom. The number of benzene rings is 1. The van der Waals surface area contributed by atoms with E-state index < -0.39 is 0 Å². The lowest BCUT2D eigenvalue weighted by atomic mass is 10.0. The van der Waals surface area contributed by atoms with Gasteiger partial charge in [0, 0.05) is 19.6 Å². The minimum atomic E-state index is 0.256. The van der Waals surface area contributed by atoms with Gasteiger partial charge in [0.05, 0.1) is 6.54 Å². The zero-order valence-corrected chi connectivity index (χ0v) is 13.8. The number of nitrogens with zero attached hydrogens (tertiary/aromatic N) is 3. The van der Waals surface area contributed by atoms with Gasteiger partial charge in [-0.2, -0.15) is 0 Å². The van der Waals surface area contributed by atoms with Crippen LogP contribution in [0.4, 0.5) is 0 Å². The molecule has 0 fully saturated rings. The number of rotatable bonds is 5. The van der Waals surface area contributed by atoms with Crippen LogP contribution in [0.1, 0.15) is 30.9 Å². The molecular weight excluding hydrogens is 274 g/mol. The minimum Gasteiger partial charge on any atom is -0.460 e.